The molecule has 0 saturated heterocycles. The predicted molar refractivity (Wildman–Crippen MR) is 122 cm³/mol. The van der Waals surface area contributed by atoms with Gasteiger partial charge in [-0.05, 0) is 36.9 Å². The van der Waals surface area contributed by atoms with Gasteiger partial charge in [0.2, 0.25) is 0 Å². The van der Waals surface area contributed by atoms with Crippen molar-refractivity contribution in [1.29, 1.82) is 0 Å². The zero-order valence-electron chi connectivity index (χ0n) is 17.2. The number of carbonyl (C=O) groups is 1. The van der Waals surface area contributed by atoms with E-state index in [0.717, 1.165) is 11.1 Å². The molecule has 32 heavy (non-hydrogen) atoms. The summed E-state index contributed by atoms with van der Waals surface area (Å²) in [7, 11) is 1.58. The van der Waals surface area contributed by atoms with Crippen LogP contribution in [0.15, 0.2) is 52.6 Å². The van der Waals surface area contributed by atoms with Gasteiger partial charge < -0.3 is 30.5 Å². The van der Waals surface area contributed by atoms with Crippen molar-refractivity contribution in [2.45, 2.75) is 30.8 Å². The number of esters is 1. The predicted octanol–water partition coefficient (Wildman–Crippen LogP) is 1.25. The van der Waals surface area contributed by atoms with Crippen molar-refractivity contribution in [3.05, 3.63) is 63.2 Å². The summed E-state index contributed by atoms with van der Waals surface area (Å²) in [6.07, 6.45) is -0.571. The number of carbonyl (C=O) groups excluding carboxylic acids is 1. The maximum atomic E-state index is 12.7. The average Bonchev–Trinajstić information content (AvgIpc) is 3.20. The molecule has 1 aromatic rings. The third-order valence-corrected chi connectivity index (χ3v) is 5.54. The number of aliphatic imine (C=N–C) groups is 1. The fourth-order valence-corrected chi connectivity index (χ4v) is 3.91. The fourth-order valence-electron chi connectivity index (χ4n) is 3.38. The van der Waals surface area contributed by atoms with Crippen molar-refractivity contribution in [3.63, 3.8) is 0 Å². The molecule has 0 radical (unpaired) electrons. The minimum Gasteiger partial charge on any atom is -0.455 e. The highest BCUT2D eigenvalue weighted by Crippen LogP contribution is 2.33. The molecule has 1 aromatic carbocycles. The van der Waals surface area contributed by atoms with Crippen molar-refractivity contribution in [3.8, 4) is 0 Å². The summed E-state index contributed by atoms with van der Waals surface area (Å²) in [6, 6.07) is 5.13. The molecule has 8 nitrogen and oxygen atoms in total. The van der Waals surface area contributed by atoms with Gasteiger partial charge in [-0.1, -0.05) is 35.4 Å². The summed E-state index contributed by atoms with van der Waals surface area (Å²) in [6.45, 7) is -0.719. The first kappa shape index (κ1) is 24.6. The molecule has 0 unspecified atom stereocenters. The third kappa shape index (κ3) is 5.65. The van der Waals surface area contributed by atoms with E-state index in [0.29, 0.717) is 27.0 Å². The van der Waals surface area contributed by atoms with Crippen LogP contribution >= 0.6 is 23.2 Å². The first-order valence-corrected chi connectivity index (χ1v) is 10.7. The lowest BCUT2D eigenvalue weighted by molar-refractivity contribution is -0.161. The van der Waals surface area contributed by atoms with Gasteiger partial charge in [0.1, 0.15) is 24.4 Å². The van der Waals surface area contributed by atoms with Gasteiger partial charge in [-0.3, -0.25) is 4.99 Å². The molecule has 0 saturated carbocycles. The summed E-state index contributed by atoms with van der Waals surface area (Å²) in [5, 5.41) is 42.5. The number of hydrogen-bond acceptors (Lipinski definition) is 8. The highest BCUT2D eigenvalue weighted by Gasteiger charge is 2.34. The topological polar surface area (TPSA) is 132 Å². The van der Waals surface area contributed by atoms with E-state index in [1.807, 2.05) is 6.08 Å². The number of fused-ring (bicyclic) bond motifs is 1. The molecule has 0 bridgehead atoms. The van der Waals surface area contributed by atoms with E-state index in [1.54, 1.807) is 37.4 Å². The smallest absolute Gasteiger partial charge is 0.334 e. The van der Waals surface area contributed by atoms with E-state index >= 15 is 0 Å². The Kier molecular flexibility index (Phi) is 8.24. The summed E-state index contributed by atoms with van der Waals surface area (Å²) < 4.78 is 5.39. The minimum absolute atomic E-state index is 0.0264. The van der Waals surface area contributed by atoms with Gasteiger partial charge in [0.15, 0.2) is 0 Å². The highest BCUT2D eigenvalue weighted by atomic mass is 35.5. The van der Waals surface area contributed by atoms with E-state index in [1.165, 1.54) is 0 Å². The van der Waals surface area contributed by atoms with Crippen LogP contribution in [0.2, 0.25) is 10.0 Å². The maximum Gasteiger partial charge on any atom is 0.334 e. The number of nitrogens with one attached hydrogen (secondary N) is 1. The molecule has 0 amide bonds. The van der Waals surface area contributed by atoms with Crippen molar-refractivity contribution >= 4 is 40.6 Å². The average molecular weight is 483 g/mol. The first-order chi connectivity index (χ1) is 15.2. The molecule has 10 heteroatoms. The molecule has 5 N–H and O–H groups in total. The molecule has 2 aliphatic rings. The van der Waals surface area contributed by atoms with Gasteiger partial charge in [-0.15, -0.1) is 0 Å². The number of halogens is 2. The number of aliphatic hydroxyl groups excluding tert-OH is 4. The number of allylic oxidation sites excluding steroid dienone is 4. The lowest BCUT2D eigenvalue weighted by atomic mass is 9.96. The van der Waals surface area contributed by atoms with Gasteiger partial charge >= 0.3 is 5.97 Å². The van der Waals surface area contributed by atoms with Crippen molar-refractivity contribution in [2.75, 3.05) is 20.2 Å². The second-order valence-electron chi connectivity index (χ2n) is 7.47. The standard InChI is InChI=1S/C22H24Cl2N2O6/c1-25-9-19(21(30)20(29)18(28)10-27)32-22(31)12-3-2-11-6-17(26-16(11)7-12)13-4-14(23)8-15(24)5-13/h2-6,8,18-21,25,27-30H,7,9-10H2,1H3/t18-,19+,20-,21-/m1/s1. The molecular formula is C22H24Cl2N2O6. The van der Waals surface area contributed by atoms with Crippen molar-refractivity contribution in [2.24, 2.45) is 4.99 Å². The second kappa shape index (κ2) is 10.7. The molecule has 0 spiro atoms. The molecule has 3 rings (SSSR count). The van der Waals surface area contributed by atoms with Crippen LogP contribution in [0.5, 0.6) is 0 Å². The van der Waals surface area contributed by atoms with Crippen LogP contribution in [-0.4, -0.2) is 76.7 Å². The van der Waals surface area contributed by atoms with Gasteiger partial charge in [-0.2, -0.15) is 0 Å². The Hall–Kier alpha value is -2.04. The number of benzene rings is 1. The number of ether oxygens (including phenoxy) is 1. The third-order valence-electron chi connectivity index (χ3n) is 5.10. The Morgan fingerprint density at radius 1 is 1.16 bits per heavy atom. The number of hydrogen-bond donors (Lipinski definition) is 5. The molecule has 1 aliphatic carbocycles. The van der Waals surface area contributed by atoms with E-state index in [2.05, 4.69) is 10.3 Å². The van der Waals surface area contributed by atoms with Crippen LogP contribution < -0.4 is 5.32 Å². The number of aliphatic hydroxyl groups is 4. The zero-order chi connectivity index (χ0) is 23.4. The second-order valence-corrected chi connectivity index (χ2v) is 8.34. The van der Waals surface area contributed by atoms with Crippen LogP contribution in [0.1, 0.15) is 12.0 Å². The summed E-state index contributed by atoms with van der Waals surface area (Å²) in [5.74, 6) is -0.688. The lowest BCUT2D eigenvalue weighted by Crippen LogP contribution is -2.50. The normalized spacial score (nSPS) is 19.1. The van der Waals surface area contributed by atoms with E-state index in [-0.39, 0.29) is 13.0 Å². The van der Waals surface area contributed by atoms with E-state index < -0.39 is 37.0 Å². The Morgan fingerprint density at radius 3 is 2.47 bits per heavy atom. The Balaban J connectivity index is 1.71. The molecule has 0 aromatic heterocycles. The number of rotatable bonds is 9. The Bertz CT molecular complexity index is 984. The quantitative estimate of drug-likeness (QED) is 0.334. The van der Waals surface area contributed by atoms with Crippen LogP contribution in [0.4, 0.5) is 0 Å². The van der Waals surface area contributed by atoms with Gasteiger partial charge in [-0.25, -0.2) is 4.79 Å². The monoisotopic (exact) mass is 482 g/mol. The van der Waals surface area contributed by atoms with Crippen molar-refractivity contribution < 1.29 is 30.0 Å². The van der Waals surface area contributed by atoms with Gasteiger partial charge in [0.05, 0.1) is 18.0 Å². The van der Waals surface area contributed by atoms with E-state index in [9.17, 15) is 20.1 Å². The molecule has 1 aliphatic heterocycles. The van der Waals surface area contributed by atoms with E-state index in [4.69, 9.17) is 33.0 Å². The molecule has 1 heterocycles. The molecular weight excluding hydrogens is 459 g/mol. The molecule has 0 fully saturated rings. The molecule has 172 valence electrons. The van der Waals surface area contributed by atoms with Crippen LogP contribution in [0.3, 0.4) is 0 Å². The lowest BCUT2D eigenvalue weighted by Gasteiger charge is -2.29. The first-order valence-electron chi connectivity index (χ1n) is 9.91. The minimum atomic E-state index is -1.69. The SMILES string of the molecule is CNC[C@H](OC(=O)C1=CC=C2C=C(c3cc(Cl)cc(Cl)c3)N=C2C1)[C@@H](O)[C@H](O)[C@H](O)CO. The zero-order valence-corrected chi connectivity index (χ0v) is 18.7. The van der Waals surface area contributed by atoms with Crippen LogP contribution in [0, 0.1) is 0 Å². The summed E-state index contributed by atoms with van der Waals surface area (Å²) in [5.41, 5.74) is 3.26. The number of likely N-dealkylation sites (N-methyl/N-ethyl adjacent to an activating group) is 1. The van der Waals surface area contributed by atoms with Gasteiger partial charge in [0, 0.05) is 34.1 Å². The Labute approximate surface area is 195 Å². The Morgan fingerprint density at radius 2 is 1.84 bits per heavy atom. The fraction of sp³-hybridized carbons (Fsp3) is 0.364. The highest BCUT2D eigenvalue weighted by molar-refractivity contribution is 6.35. The maximum absolute atomic E-state index is 12.7. The van der Waals surface area contributed by atoms with Crippen LogP contribution in [0.25, 0.3) is 5.70 Å². The van der Waals surface area contributed by atoms with Crippen LogP contribution in [-0.2, 0) is 9.53 Å². The largest absolute Gasteiger partial charge is 0.455 e. The summed E-state index contributed by atoms with van der Waals surface area (Å²) >= 11 is 12.2. The molecule has 4 atom stereocenters. The van der Waals surface area contributed by atoms with Gasteiger partial charge in [0.25, 0.3) is 0 Å². The van der Waals surface area contributed by atoms with Crippen molar-refractivity contribution in [1.82, 2.24) is 5.32 Å². The summed E-state index contributed by atoms with van der Waals surface area (Å²) in [4.78, 5) is 17.3. The number of nitrogens with zero attached hydrogens (tertiary/aromatic N) is 1.